The zero-order chi connectivity index (χ0) is 23.7. The fraction of sp³-hybridized carbons (Fsp3) is 0.167. The van der Waals surface area contributed by atoms with E-state index in [-0.39, 0.29) is 24.3 Å². The number of hydrogen-bond acceptors (Lipinski definition) is 4. The topological polar surface area (TPSA) is 51.5 Å². The van der Waals surface area contributed by atoms with Crippen LogP contribution in [0, 0.1) is 13.8 Å². The van der Waals surface area contributed by atoms with Gasteiger partial charge in [0, 0.05) is 17.1 Å². The van der Waals surface area contributed by atoms with Crippen molar-refractivity contribution in [2.45, 2.75) is 13.8 Å². The second-order valence-electron chi connectivity index (χ2n) is 7.37. The van der Waals surface area contributed by atoms with Crippen LogP contribution < -0.4 is 4.74 Å². The van der Waals surface area contributed by atoms with Crippen LogP contribution in [0.15, 0.2) is 53.4 Å². The first-order chi connectivity index (χ1) is 15.8. The van der Waals surface area contributed by atoms with Crippen LogP contribution in [0.25, 0.3) is 11.8 Å². The Hall–Kier alpha value is -2.38. The third-order valence-corrected chi connectivity index (χ3v) is 7.16. The number of aryl methyl sites for hydroxylation is 1. The third-order valence-electron chi connectivity index (χ3n) is 5.20. The monoisotopic (exact) mass is 520 g/mol. The second kappa shape index (κ2) is 9.85. The first-order valence-electron chi connectivity index (χ1n) is 10.0. The number of halogens is 3. The molecular weight excluding hydrogens is 503 g/mol. The van der Waals surface area contributed by atoms with Gasteiger partial charge in [-0.15, -0.1) is 0 Å². The Balaban J connectivity index is 1.51. The van der Waals surface area contributed by atoms with Gasteiger partial charge in [-0.25, -0.2) is 0 Å². The summed E-state index contributed by atoms with van der Waals surface area (Å²) in [5.74, 6) is 0.170. The van der Waals surface area contributed by atoms with Crippen LogP contribution in [0.5, 0.6) is 5.75 Å². The number of nitrogens with zero attached hydrogens (tertiary/aromatic N) is 2. The third kappa shape index (κ3) is 4.94. The van der Waals surface area contributed by atoms with Gasteiger partial charge in [0.15, 0.2) is 0 Å². The van der Waals surface area contributed by atoms with Crippen molar-refractivity contribution in [3.63, 3.8) is 0 Å². The van der Waals surface area contributed by atoms with Crippen LogP contribution in [0.4, 0.5) is 4.79 Å². The maximum absolute atomic E-state index is 12.9. The van der Waals surface area contributed by atoms with Crippen LogP contribution >= 0.6 is 46.6 Å². The minimum atomic E-state index is -0.341. The van der Waals surface area contributed by atoms with Crippen LogP contribution in [-0.4, -0.2) is 33.8 Å². The lowest BCUT2D eigenvalue weighted by Gasteiger charge is -2.13. The van der Waals surface area contributed by atoms with Crippen molar-refractivity contribution in [3.05, 3.63) is 85.5 Å². The molecule has 1 aliphatic heterocycles. The Morgan fingerprint density at radius 3 is 2.45 bits per heavy atom. The molecule has 0 aliphatic carbocycles. The summed E-state index contributed by atoms with van der Waals surface area (Å²) in [5, 5.41) is 1.09. The number of aromatic nitrogens is 1. The number of thioether (sulfide) groups is 1. The molecule has 2 amide bonds. The summed E-state index contributed by atoms with van der Waals surface area (Å²) in [6.07, 6.45) is 1.75. The lowest BCUT2D eigenvalue weighted by Crippen LogP contribution is -2.32. The summed E-state index contributed by atoms with van der Waals surface area (Å²) < 4.78 is 7.65. The molecule has 4 rings (SSSR count). The van der Waals surface area contributed by atoms with Gasteiger partial charge >= 0.3 is 0 Å². The molecule has 1 aromatic heterocycles. The summed E-state index contributed by atoms with van der Waals surface area (Å²) in [5.41, 5.74) is 3.59. The molecule has 1 aliphatic rings. The predicted octanol–water partition coefficient (Wildman–Crippen LogP) is 7.17. The standard InChI is InChI=1S/C24H19Cl3N2O3S/c1-14-11-16(15(2)29(14)17-7-8-18(25)20(27)13-17)12-22-23(30)28(24(31)33-22)9-10-32-21-6-4-3-5-19(21)26/h3-8,11-13H,9-10H2,1-2H3/b22-12-. The highest BCUT2D eigenvalue weighted by molar-refractivity contribution is 8.18. The van der Waals surface area contributed by atoms with E-state index in [9.17, 15) is 9.59 Å². The highest BCUT2D eigenvalue weighted by Crippen LogP contribution is 2.34. The Bertz CT molecular complexity index is 1290. The van der Waals surface area contributed by atoms with Crippen molar-refractivity contribution >= 4 is 63.8 Å². The van der Waals surface area contributed by atoms with Gasteiger partial charge < -0.3 is 9.30 Å². The number of carbonyl (C=O) groups is 2. The molecule has 3 aromatic rings. The largest absolute Gasteiger partial charge is 0.490 e. The van der Waals surface area contributed by atoms with Crippen molar-refractivity contribution < 1.29 is 14.3 Å². The van der Waals surface area contributed by atoms with Crippen LogP contribution in [0.1, 0.15) is 17.0 Å². The molecule has 0 bridgehead atoms. The molecule has 0 unspecified atom stereocenters. The molecule has 0 N–H and O–H groups in total. The number of amides is 2. The fourth-order valence-corrected chi connectivity index (χ4v) is 4.94. The average molecular weight is 522 g/mol. The first kappa shape index (κ1) is 23.8. The number of hydrogen-bond donors (Lipinski definition) is 0. The van der Waals surface area contributed by atoms with Crippen molar-refractivity contribution in [1.82, 2.24) is 9.47 Å². The number of imide groups is 1. The molecule has 0 saturated carbocycles. The molecule has 0 atom stereocenters. The van der Waals surface area contributed by atoms with Crippen LogP contribution in [-0.2, 0) is 4.79 Å². The van der Waals surface area contributed by atoms with Gasteiger partial charge in [-0.2, -0.15) is 0 Å². The van der Waals surface area contributed by atoms with E-state index in [1.807, 2.05) is 30.5 Å². The maximum Gasteiger partial charge on any atom is 0.293 e. The number of para-hydroxylation sites is 1. The number of rotatable bonds is 6. The second-order valence-corrected chi connectivity index (χ2v) is 9.59. The molecule has 1 fully saturated rings. The predicted molar refractivity (Wildman–Crippen MR) is 135 cm³/mol. The summed E-state index contributed by atoms with van der Waals surface area (Å²) in [6, 6.07) is 14.4. The SMILES string of the molecule is Cc1cc(/C=C2\SC(=O)N(CCOc3ccccc3Cl)C2=O)c(C)n1-c1ccc(Cl)c(Cl)c1. The minimum absolute atomic E-state index is 0.134. The Kier molecular flexibility index (Phi) is 7.10. The zero-order valence-electron chi connectivity index (χ0n) is 17.8. The summed E-state index contributed by atoms with van der Waals surface area (Å²) in [4.78, 5) is 26.9. The molecule has 2 aromatic carbocycles. The summed E-state index contributed by atoms with van der Waals surface area (Å²) in [7, 11) is 0. The van der Waals surface area contributed by atoms with Crippen molar-refractivity contribution in [1.29, 1.82) is 0 Å². The van der Waals surface area contributed by atoms with Gasteiger partial charge in [-0.1, -0.05) is 46.9 Å². The molecule has 1 saturated heterocycles. The van der Waals surface area contributed by atoms with E-state index in [0.29, 0.717) is 25.7 Å². The molecule has 9 heteroatoms. The molecule has 5 nitrogen and oxygen atoms in total. The van der Waals surface area contributed by atoms with E-state index in [1.54, 1.807) is 42.5 Å². The van der Waals surface area contributed by atoms with Crippen LogP contribution in [0.2, 0.25) is 15.1 Å². The number of benzene rings is 2. The molecule has 33 heavy (non-hydrogen) atoms. The highest BCUT2D eigenvalue weighted by Gasteiger charge is 2.35. The van der Waals surface area contributed by atoms with E-state index in [0.717, 1.165) is 34.4 Å². The molecule has 2 heterocycles. The van der Waals surface area contributed by atoms with Gasteiger partial charge in [-0.3, -0.25) is 14.5 Å². The van der Waals surface area contributed by atoms with E-state index in [1.165, 1.54) is 4.90 Å². The first-order valence-corrected chi connectivity index (χ1v) is 12.0. The van der Waals surface area contributed by atoms with Gasteiger partial charge in [0.25, 0.3) is 11.1 Å². The maximum atomic E-state index is 12.9. The molecule has 0 radical (unpaired) electrons. The smallest absolute Gasteiger partial charge is 0.293 e. The lowest BCUT2D eigenvalue weighted by atomic mass is 10.2. The van der Waals surface area contributed by atoms with Gasteiger partial charge in [0.1, 0.15) is 12.4 Å². The molecule has 0 spiro atoms. The van der Waals surface area contributed by atoms with Crippen molar-refractivity contribution in [3.8, 4) is 11.4 Å². The number of carbonyl (C=O) groups excluding carboxylic acids is 2. The number of ether oxygens (including phenoxy) is 1. The summed E-state index contributed by atoms with van der Waals surface area (Å²) >= 11 is 19.2. The zero-order valence-corrected chi connectivity index (χ0v) is 20.9. The lowest BCUT2D eigenvalue weighted by molar-refractivity contribution is -0.123. The van der Waals surface area contributed by atoms with E-state index >= 15 is 0 Å². The van der Waals surface area contributed by atoms with Crippen LogP contribution in [0.3, 0.4) is 0 Å². The minimum Gasteiger partial charge on any atom is -0.490 e. The molecular formula is C24H19Cl3N2O3S. The van der Waals surface area contributed by atoms with E-state index < -0.39 is 0 Å². The average Bonchev–Trinajstić information content (AvgIpc) is 3.20. The van der Waals surface area contributed by atoms with Gasteiger partial charge in [-0.05, 0) is 73.6 Å². The Morgan fingerprint density at radius 1 is 0.970 bits per heavy atom. The summed E-state index contributed by atoms with van der Waals surface area (Å²) in [6.45, 7) is 4.20. The Morgan fingerprint density at radius 2 is 1.73 bits per heavy atom. The van der Waals surface area contributed by atoms with Gasteiger partial charge in [0.05, 0.1) is 26.5 Å². The van der Waals surface area contributed by atoms with E-state index in [2.05, 4.69) is 0 Å². The highest BCUT2D eigenvalue weighted by atomic mass is 35.5. The Labute approximate surface area is 210 Å². The fourth-order valence-electron chi connectivity index (χ4n) is 3.60. The van der Waals surface area contributed by atoms with Crippen molar-refractivity contribution in [2.24, 2.45) is 0 Å². The van der Waals surface area contributed by atoms with E-state index in [4.69, 9.17) is 39.5 Å². The normalized spacial score (nSPS) is 15.1. The molecule has 170 valence electrons. The van der Waals surface area contributed by atoms with Crippen molar-refractivity contribution in [2.75, 3.05) is 13.2 Å². The van der Waals surface area contributed by atoms with Gasteiger partial charge in [0.2, 0.25) is 0 Å². The quantitative estimate of drug-likeness (QED) is 0.323.